The van der Waals surface area contributed by atoms with Crippen LogP contribution in [0.25, 0.3) is 0 Å². The molecule has 1 atom stereocenters. The van der Waals surface area contributed by atoms with Gasteiger partial charge in [-0.2, -0.15) is 5.10 Å². The van der Waals surface area contributed by atoms with Crippen molar-refractivity contribution in [2.75, 3.05) is 13.1 Å². The van der Waals surface area contributed by atoms with Crippen molar-refractivity contribution in [2.24, 2.45) is 0 Å². The molecule has 1 fully saturated rings. The fourth-order valence-electron chi connectivity index (χ4n) is 3.61. The van der Waals surface area contributed by atoms with Crippen molar-refractivity contribution < 1.29 is 9.32 Å². The molecular weight excluding hydrogens is 280 g/mol. The number of carbonyl (C=O) groups is 1. The van der Waals surface area contributed by atoms with Crippen LogP contribution < -0.4 is 0 Å². The van der Waals surface area contributed by atoms with E-state index < -0.39 is 0 Å². The summed E-state index contributed by atoms with van der Waals surface area (Å²) in [5.74, 6) is 1.27. The Labute approximate surface area is 128 Å². The summed E-state index contributed by atoms with van der Waals surface area (Å²) in [5.41, 5.74) is 2.69. The Morgan fingerprint density at radius 1 is 1.32 bits per heavy atom. The van der Waals surface area contributed by atoms with Gasteiger partial charge in [0.1, 0.15) is 5.76 Å². The molecule has 0 saturated carbocycles. The summed E-state index contributed by atoms with van der Waals surface area (Å²) < 4.78 is 5.38. The SMILES string of the molecule is O=C(c1noc2c1CCCC2)N1CCCC(c2ccn[nH]2)C1. The molecule has 0 radical (unpaired) electrons. The highest BCUT2D eigenvalue weighted by Gasteiger charge is 2.31. The smallest absolute Gasteiger partial charge is 0.276 e. The first kappa shape index (κ1) is 13.5. The van der Waals surface area contributed by atoms with Crippen molar-refractivity contribution in [3.8, 4) is 0 Å². The van der Waals surface area contributed by atoms with E-state index in [0.717, 1.165) is 68.6 Å². The van der Waals surface area contributed by atoms with Crippen LogP contribution in [0.4, 0.5) is 0 Å². The quantitative estimate of drug-likeness (QED) is 0.923. The van der Waals surface area contributed by atoms with E-state index >= 15 is 0 Å². The van der Waals surface area contributed by atoms with Crippen LogP contribution in [0.1, 0.15) is 59.1 Å². The normalized spacial score (nSPS) is 21.6. The van der Waals surface area contributed by atoms with Crippen LogP contribution >= 0.6 is 0 Å². The Hall–Kier alpha value is -2.11. The molecule has 0 spiro atoms. The van der Waals surface area contributed by atoms with E-state index in [1.54, 1.807) is 6.20 Å². The number of aromatic nitrogens is 3. The molecule has 22 heavy (non-hydrogen) atoms. The average molecular weight is 300 g/mol. The zero-order chi connectivity index (χ0) is 14.9. The molecular formula is C16H20N4O2. The second-order valence-electron chi connectivity index (χ2n) is 6.24. The van der Waals surface area contributed by atoms with Crippen molar-refractivity contribution in [2.45, 2.75) is 44.4 Å². The standard InChI is InChI=1S/C16H20N4O2/c21-16(15-12-5-1-2-6-14(12)22-19-15)20-9-3-4-11(10-20)13-7-8-17-18-13/h7-8,11H,1-6,9-10H2,(H,17,18). The number of likely N-dealkylation sites (tertiary alicyclic amines) is 1. The van der Waals surface area contributed by atoms with Gasteiger partial charge in [-0.1, -0.05) is 5.16 Å². The minimum absolute atomic E-state index is 0.0242. The Kier molecular flexibility index (Phi) is 3.44. The van der Waals surface area contributed by atoms with Gasteiger partial charge in [0.15, 0.2) is 5.69 Å². The van der Waals surface area contributed by atoms with Crippen LogP contribution in [0.2, 0.25) is 0 Å². The summed E-state index contributed by atoms with van der Waals surface area (Å²) in [4.78, 5) is 14.7. The Bertz CT molecular complexity index is 662. The highest BCUT2D eigenvalue weighted by molar-refractivity contribution is 5.94. The van der Waals surface area contributed by atoms with Gasteiger partial charge in [-0.25, -0.2) is 0 Å². The molecule has 4 rings (SSSR count). The fourth-order valence-corrected chi connectivity index (χ4v) is 3.61. The number of hydrogen-bond donors (Lipinski definition) is 1. The van der Waals surface area contributed by atoms with Gasteiger partial charge >= 0.3 is 0 Å². The van der Waals surface area contributed by atoms with Crippen LogP contribution in [-0.4, -0.2) is 39.3 Å². The zero-order valence-corrected chi connectivity index (χ0v) is 12.5. The van der Waals surface area contributed by atoms with Crippen LogP contribution in [-0.2, 0) is 12.8 Å². The van der Waals surface area contributed by atoms with E-state index in [9.17, 15) is 4.79 Å². The first-order valence-corrected chi connectivity index (χ1v) is 8.09. The monoisotopic (exact) mass is 300 g/mol. The predicted molar refractivity (Wildman–Crippen MR) is 79.6 cm³/mol. The number of aryl methyl sites for hydroxylation is 1. The number of carbonyl (C=O) groups excluding carboxylic acids is 1. The lowest BCUT2D eigenvalue weighted by atomic mass is 9.93. The van der Waals surface area contributed by atoms with Gasteiger partial charge in [0, 0.05) is 42.9 Å². The summed E-state index contributed by atoms with van der Waals surface area (Å²) >= 11 is 0. The van der Waals surface area contributed by atoms with Crippen LogP contribution in [0.3, 0.4) is 0 Å². The van der Waals surface area contributed by atoms with Crippen molar-refractivity contribution in [3.63, 3.8) is 0 Å². The molecule has 3 heterocycles. The lowest BCUT2D eigenvalue weighted by Gasteiger charge is -2.32. The number of hydrogen-bond acceptors (Lipinski definition) is 4. The highest BCUT2D eigenvalue weighted by atomic mass is 16.5. The van der Waals surface area contributed by atoms with Gasteiger partial charge in [-0.15, -0.1) is 0 Å². The average Bonchev–Trinajstić information content (AvgIpc) is 3.24. The summed E-state index contributed by atoms with van der Waals surface area (Å²) in [6, 6.07) is 2.00. The number of piperidine rings is 1. The number of amides is 1. The maximum absolute atomic E-state index is 12.8. The summed E-state index contributed by atoms with van der Waals surface area (Å²) in [6.45, 7) is 1.52. The largest absolute Gasteiger partial charge is 0.360 e. The van der Waals surface area contributed by atoms with Gasteiger partial charge in [0.2, 0.25) is 0 Å². The summed E-state index contributed by atoms with van der Waals surface area (Å²) in [6.07, 6.45) is 7.93. The first-order valence-electron chi connectivity index (χ1n) is 8.09. The molecule has 1 unspecified atom stereocenters. The Balaban J connectivity index is 1.54. The second kappa shape index (κ2) is 5.59. The van der Waals surface area contributed by atoms with Gasteiger partial charge in [0.05, 0.1) is 0 Å². The molecule has 1 aliphatic carbocycles. The molecule has 0 aromatic carbocycles. The number of aromatic amines is 1. The molecule has 6 nitrogen and oxygen atoms in total. The molecule has 2 aliphatic rings. The van der Waals surface area contributed by atoms with Gasteiger partial charge in [0.25, 0.3) is 5.91 Å². The molecule has 0 bridgehead atoms. The molecule has 1 aliphatic heterocycles. The summed E-state index contributed by atoms with van der Waals surface area (Å²) in [7, 11) is 0. The van der Waals surface area contributed by atoms with Crippen LogP contribution in [0.15, 0.2) is 16.8 Å². The minimum Gasteiger partial charge on any atom is -0.360 e. The molecule has 1 amide bonds. The number of nitrogens with one attached hydrogen (secondary N) is 1. The summed E-state index contributed by atoms with van der Waals surface area (Å²) in [5, 5.41) is 11.1. The number of fused-ring (bicyclic) bond motifs is 1. The van der Waals surface area contributed by atoms with Crippen molar-refractivity contribution >= 4 is 5.91 Å². The van der Waals surface area contributed by atoms with E-state index in [2.05, 4.69) is 15.4 Å². The fraction of sp³-hybridized carbons (Fsp3) is 0.562. The zero-order valence-electron chi connectivity index (χ0n) is 12.5. The van der Waals surface area contributed by atoms with Crippen molar-refractivity contribution in [3.05, 3.63) is 35.0 Å². The van der Waals surface area contributed by atoms with Crippen molar-refractivity contribution in [1.29, 1.82) is 0 Å². The predicted octanol–water partition coefficient (Wildman–Crippen LogP) is 2.30. The lowest BCUT2D eigenvalue weighted by molar-refractivity contribution is 0.0694. The van der Waals surface area contributed by atoms with Crippen molar-refractivity contribution in [1.82, 2.24) is 20.3 Å². The molecule has 1 N–H and O–H groups in total. The third-order valence-corrected chi connectivity index (χ3v) is 4.82. The van der Waals surface area contributed by atoms with E-state index in [1.165, 1.54) is 0 Å². The molecule has 2 aromatic rings. The van der Waals surface area contributed by atoms with E-state index in [1.807, 2.05) is 11.0 Å². The highest BCUT2D eigenvalue weighted by Crippen LogP contribution is 2.29. The number of nitrogens with zero attached hydrogens (tertiary/aromatic N) is 3. The third kappa shape index (κ3) is 2.32. The number of H-pyrrole nitrogens is 1. The second-order valence-corrected chi connectivity index (χ2v) is 6.24. The molecule has 1 saturated heterocycles. The minimum atomic E-state index is 0.0242. The van der Waals surface area contributed by atoms with Crippen LogP contribution in [0, 0.1) is 0 Å². The van der Waals surface area contributed by atoms with Gasteiger partial charge < -0.3 is 9.42 Å². The maximum atomic E-state index is 12.8. The molecule has 6 heteroatoms. The van der Waals surface area contributed by atoms with E-state index in [0.29, 0.717) is 11.6 Å². The van der Waals surface area contributed by atoms with Gasteiger partial charge in [-0.05, 0) is 38.2 Å². The van der Waals surface area contributed by atoms with Crippen LogP contribution in [0.5, 0.6) is 0 Å². The molecule has 116 valence electrons. The van der Waals surface area contributed by atoms with Gasteiger partial charge in [-0.3, -0.25) is 9.89 Å². The lowest BCUT2D eigenvalue weighted by Crippen LogP contribution is -2.39. The Morgan fingerprint density at radius 2 is 2.23 bits per heavy atom. The van der Waals surface area contributed by atoms with E-state index in [4.69, 9.17) is 4.52 Å². The molecule has 2 aromatic heterocycles. The first-order chi connectivity index (χ1) is 10.8. The topological polar surface area (TPSA) is 75.0 Å². The van der Waals surface area contributed by atoms with E-state index in [-0.39, 0.29) is 5.91 Å². The third-order valence-electron chi connectivity index (χ3n) is 4.82. The number of rotatable bonds is 2. The Morgan fingerprint density at radius 3 is 3.09 bits per heavy atom. The maximum Gasteiger partial charge on any atom is 0.276 e.